The lowest BCUT2D eigenvalue weighted by Crippen LogP contribution is -2.24. The molecule has 0 atom stereocenters. The number of hydrogen-bond acceptors (Lipinski definition) is 3. The zero-order valence-electron chi connectivity index (χ0n) is 9.40. The molecular formula is C12H17NO2S. The molecule has 1 amide bonds. The summed E-state index contributed by atoms with van der Waals surface area (Å²) in [4.78, 5) is 12.8. The molecule has 0 saturated carbocycles. The molecule has 88 valence electrons. The van der Waals surface area contributed by atoms with Crippen molar-refractivity contribution in [3.05, 3.63) is 29.8 Å². The Morgan fingerprint density at radius 1 is 1.38 bits per heavy atom. The molecule has 0 fully saturated rings. The normalized spacial score (nSPS) is 10.1. The van der Waals surface area contributed by atoms with Crippen LogP contribution >= 0.6 is 11.8 Å². The summed E-state index contributed by atoms with van der Waals surface area (Å²) in [5.41, 5.74) is 0.665. The highest BCUT2D eigenvalue weighted by Gasteiger charge is 2.03. The van der Waals surface area contributed by atoms with Gasteiger partial charge in [0.25, 0.3) is 5.91 Å². The van der Waals surface area contributed by atoms with Gasteiger partial charge in [0, 0.05) is 23.6 Å². The van der Waals surface area contributed by atoms with Crippen LogP contribution in [0.15, 0.2) is 29.2 Å². The van der Waals surface area contributed by atoms with E-state index in [4.69, 9.17) is 5.11 Å². The van der Waals surface area contributed by atoms with Crippen LogP contribution in [-0.2, 0) is 0 Å². The van der Waals surface area contributed by atoms with Crippen molar-refractivity contribution in [1.29, 1.82) is 0 Å². The number of rotatable bonds is 6. The summed E-state index contributed by atoms with van der Waals surface area (Å²) in [6.45, 7) is 2.72. The molecule has 4 heteroatoms. The SMILES string of the molecule is CCSc1ccc(C(=O)NCCCO)cc1. The van der Waals surface area contributed by atoms with Crippen molar-refractivity contribution in [2.75, 3.05) is 18.9 Å². The first kappa shape index (κ1) is 13.1. The Morgan fingerprint density at radius 3 is 2.62 bits per heavy atom. The molecule has 0 spiro atoms. The van der Waals surface area contributed by atoms with E-state index in [0.717, 1.165) is 5.75 Å². The van der Waals surface area contributed by atoms with E-state index in [0.29, 0.717) is 18.5 Å². The largest absolute Gasteiger partial charge is 0.396 e. The summed E-state index contributed by atoms with van der Waals surface area (Å²) in [5, 5.41) is 11.3. The van der Waals surface area contributed by atoms with Gasteiger partial charge < -0.3 is 10.4 Å². The van der Waals surface area contributed by atoms with Crippen LogP contribution in [0.2, 0.25) is 0 Å². The van der Waals surface area contributed by atoms with Gasteiger partial charge in [-0.1, -0.05) is 6.92 Å². The summed E-state index contributed by atoms with van der Waals surface area (Å²) in [6, 6.07) is 7.56. The lowest BCUT2D eigenvalue weighted by molar-refractivity contribution is 0.0951. The van der Waals surface area contributed by atoms with Crippen molar-refractivity contribution < 1.29 is 9.90 Å². The van der Waals surface area contributed by atoms with Gasteiger partial charge in [0.15, 0.2) is 0 Å². The van der Waals surface area contributed by atoms with Gasteiger partial charge in [-0.05, 0) is 36.4 Å². The van der Waals surface area contributed by atoms with E-state index in [1.807, 2.05) is 24.3 Å². The van der Waals surface area contributed by atoms with Crippen LogP contribution in [0.5, 0.6) is 0 Å². The fourth-order valence-corrected chi connectivity index (χ4v) is 1.91. The number of aliphatic hydroxyl groups is 1. The zero-order chi connectivity index (χ0) is 11.8. The maximum atomic E-state index is 11.6. The molecule has 2 N–H and O–H groups in total. The molecule has 0 aromatic heterocycles. The van der Waals surface area contributed by atoms with E-state index in [1.54, 1.807) is 11.8 Å². The molecule has 0 unspecified atom stereocenters. The highest BCUT2D eigenvalue weighted by molar-refractivity contribution is 7.99. The van der Waals surface area contributed by atoms with Gasteiger partial charge in [-0.25, -0.2) is 0 Å². The van der Waals surface area contributed by atoms with Gasteiger partial charge >= 0.3 is 0 Å². The van der Waals surface area contributed by atoms with Crippen molar-refractivity contribution in [2.45, 2.75) is 18.2 Å². The number of nitrogens with one attached hydrogen (secondary N) is 1. The van der Waals surface area contributed by atoms with Crippen LogP contribution in [0.25, 0.3) is 0 Å². The summed E-state index contributed by atoms with van der Waals surface area (Å²) in [7, 11) is 0. The van der Waals surface area contributed by atoms with Gasteiger partial charge in [-0.3, -0.25) is 4.79 Å². The van der Waals surface area contributed by atoms with Gasteiger partial charge in [0.2, 0.25) is 0 Å². The second kappa shape index (κ2) is 7.30. The molecule has 1 aromatic carbocycles. The van der Waals surface area contributed by atoms with Crippen LogP contribution in [0.1, 0.15) is 23.7 Å². The van der Waals surface area contributed by atoms with Crippen molar-refractivity contribution in [3.63, 3.8) is 0 Å². The third-order valence-corrected chi connectivity index (χ3v) is 2.94. The standard InChI is InChI=1S/C12H17NO2S/c1-2-16-11-6-4-10(5-7-11)12(15)13-8-3-9-14/h4-7,14H,2-3,8-9H2,1H3,(H,13,15). The third-order valence-electron chi connectivity index (χ3n) is 2.05. The number of hydrogen-bond donors (Lipinski definition) is 2. The average molecular weight is 239 g/mol. The Bertz CT molecular complexity index is 324. The van der Waals surface area contributed by atoms with Gasteiger partial charge in [0.1, 0.15) is 0 Å². The molecule has 0 aliphatic carbocycles. The maximum absolute atomic E-state index is 11.6. The monoisotopic (exact) mass is 239 g/mol. The van der Waals surface area contributed by atoms with Gasteiger partial charge in [-0.2, -0.15) is 0 Å². The summed E-state index contributed by atoms with van der Waals surface area (Å²) in [6.07, 6.45) is 0.593. The van der Waals surface area contributed by atoms with E-state index >= 15 is 0 Å². The molecular weight excluding hydrogens is 222 g/mol. The first-order valence-electron chi connectivity index (χ1n) is 5.40. The van der Waals surface area contributed by atoms with E-state index in [9.17, 15) is 4.79 Å². The average Bonchev–Trinajstić information content (AvgIpc) is 2.30. The van der Waals surface area contributed by atoms with Crippen LogP contribution in [0.4, 0.5) is 0 Å². The first-order chi connectivity index (χ1) is 7.77. The first-order valence-corrected chi connectivity index (χ1v) is 6.38. The van der Waals surface area contributed by atoms with E-state index in [1.165, 1.54) is 4.90 Å². The van der Waals surface area contributed by atoms with E-state index < -0.39 is 0 Å². The maximum Gasteiger partial charge on any atom is 0.251 e. The quantitative estimate of drug-likeness (QED) is 0.589. The Balaban J connectivity index is 2.49. The lowest BCUT2D eigenvalue weighted by atomic mass is 10.2. The zero-order valence-corrected chi connectivity index (χ0v) is 10.2. The third kappa shape index (κ3) is 4.24. The molecule has 16 heavy (non-hydrogen) atoms. The summed E-state index contributed by atoms with van der Waals surface area (Å²) >= 11 is 1.75. The number of thioether (sulfide) groups is 1. The van der Waals surface area contributed by atoms with E-state index in [2.05, 4.69) is 12.2 Å². The number of aliphatic hydroxyl groups excluding tert-OH is 1. The topological polar surface area (TPSA) is 49.3 Å². The predicted molar refractivity (Wildman–Crippen MR) is 66.9 cm³/mol. The fourth-order valence-electron chi connectivity index (χ4n) is 1.25. The van der Waals surface area contributed by atoms with Crippen LogP contribution < -0.4 is 5.32 Å². The van der Waals surface area contributed by atoms with Crippen LogP contribution in [0, 0.1) is 0 Å². The summed E-state index contributed by atoms with van der Waals surface area (Å²) < 4.78 is 0. The number of carbonyl (C=O) groups is 1. The predicted octanol–water partition coefficient (Wildman–Crippen LogP) is 1.91. The van der Waals surface area contributed by atoms with Crippen molar-refractivity contribution >= 4 is 17.7 Å². The molecule has 0 radical (unpaired) electrons. The number of benzene rings is 1. The van der Waals surface area contributed by atoms with Gasteiger partial charge in [-0.15, -0.1) is 11.8 Å². The molecule has 3 nitrogen and oxygen atoms in total. The Kier molecular flexibility index (Phi) is 5.96. The minimum absolute atomic E-state index is 0.0819. The molecule has 0 heterocycles. The smallest absolute Gasteiger partial charge is 0.251 e. The molecule has 0 aliphatic heterocycles. The number of carbonyl (C=O) groups excluding carboxylic acids is 1. The molecule has 1 rings (SSSR count). The second-order valence-corrected chi connectivity index (χ2v) is 4.63. The Labute approximate surface area is 100 Å². The van der Waals surface area contributed by atoms with Crippen LogP contribution in [0.3, 0.4) is 0 Å². The molecule has 1 aromatic rings. The Morgan fingerprint density at radius 2 is 2.06 bits per heavy atom. The van der Waals surface area contributed by atoms with Crippen molar-refractivity contribution in [2.24, 2.45) is 0 Å². The van der Waals surface area contributed by atoms with Gasteiger partial charge in [0.05, 0.1) is 0 Å². The summed E-state index contributed by atoms with van der Waals surface area (Å²) in [5.74, 6) is 0.948. The Hall–Kier alpha value is -1.00. The minimum atomic E-state index is -0.0819. The fraction of sp³-hybridized carbons (Fsp3) is 0.417. The second-order valence-electron chi connectivity index (χ2n) is 3.29. The van der Waals surface area contributed by atoms with E-state index in [-0.39, 0.29) is 12.5 Å². The highest BCUT2D eigenvalue weighted by Crippen LogP contribution is 2.17. The van der Waals surface area contributed by atoms with Crippen molar-refractivity contribution in [3.8, 4) is 0 Å². The molecule has 0 saturated heterocycles. The number of amides is 1. The molecule has 0 bridgehead atoms. The minimum Gasteiger partial charge on any atom is -0.396 e. The highest BCUT2D eigenvalue weighted by atomic mass is 32.2. The molecule has 0 aliphatic rings. The van der Waals surface area contributed by atoms with Crippen LogP contribution in [-0.4, -0.2) is 29.9 Å². The van der Waals surface area contributed by atoms with Crippen molar-refractivity contribution in [1.82, 2.24) is 5.32 Å². The lowest BCUT2D eigenvalue weighted by Gasteiger charge is -2.04.